The molecule has 4 aromatic rings. The van der Waals surface area contributed by atoms with E-state index in [0.29, 0.717) is 13.0 Å². The number of anilines is 1. The second-order valence-corrected chi connectivity index (χ2v) is 10.8. The predicted octanol–water partition coefficient (Wildman–Crippen LogP) is 4.34. The number of pyridine rings is 1. The standard InChI is InChI=1S/C31H36N6O3/c1-31(2,3)23-8-10-24(11-9-23)37-28(20-26(36-37)22-14-17-33-18-15-22)34-16-4-5-29(39)35-27(30(32)40)19-21-6-12-25(38)13-7-21/h6-15,17-18,20,27,34,38H,4-5,16,19H2,1-3H3,(H2,32,40)(H,35,39)/t27-/m0/s1. The maximum atomic E-state index is 12.6. The van der Waals surface area contributed by atoms with Crippen LogP contribution in [0.2, 0.25) is 0 Å². The molecule has 0 saturated carbocycles. The fourth-order valence-electron chi connectivity index (χ4n) is 4.29. The van der Waals surface area contributed by atoms with Crippen LogP contribution in [0.3, 0.4) is 0 Å². The molecule has 0 aliphatic carbocycles. The number of benzene rings is 2. The van der Waals surface area contributed by atoms with Gasteiger partial charge in [-0.3, -0.25) is 14.6 Å². The summed E-state index contributed by atoms with van der Waals surface area (Å²) in [7, 11) is 0. The Hall–Kier alpha value is -4.66. The highest BCUT2D eigenvalue weighted by atomic mass is 16.3. The zero-order valence-electron chi connectivity index (χ0n) is 23.1. The van der Waals surface area contributed by atoms with Crippen molar-refractivity contribution in [1.82, 2.24) is 20.1 Å². The Kier molecular flexibility index (Phi) is 8.83. The fourth-order valence-corrected chi connectivity index (χ4v) is 4.29. The molecule has 9 nitrogen and oxygen atoms in total. The number of phenolic OH excluding ortho intramolecular Hbond substituents is 1. The number of phenols is 1. The van der Waals surface area contributed by atoms with E-state index in [9.17, 15) is 14.7 Å². The largest absolute Gasteiger partial charge is 0.508 e. The summed E-state index contributed by atoms with van der Waals surface area (Å²) in [6.07, 6.45) is 4.48. The highest BCUT2D eigenvalue weighted by Crippen LogP contribution is 2.27. The van der Waals surface area contributed by atoms with Crippen LogP contribution >= 0.6 is 0 Å². The number of hydrogen-bond acceptors (Lipinski definition) is 6. The Labute approximate surface area is 234 Å². The van der Waals surface area contributed by atoms with Crippen molar-refractivity contribution in [3.05, 3.63) is 90.3 Å². The van der Waals surface area contributed by atoms with E-state index in [1.165, 1.54) is 17.7 Å². The van der Waals surface area contributed by atoms with Gasteiger partial charge >= 0.3 is 0 Å². The zero-order valence-corrected chi connectivity index (χ0v) is 23.1. The summed E-state index contributed by atoms with van der Waals surface area (Å²) in [6.45, 7) is 7.06. The van der Waals surface area contributed by atoms with E-state index in [1.807, 2.05) is 22.9 Å². The Morgan fingerprint density at radius 3 is 2.30 bits per heavy atom. The molecule has 0 bridgehead atoms. The van der Waals surface area contributed by atoms with Crippen molar-refractivity contribution in [3.63, 3.8) is 0 Å². The number of amides is 2. The first-order valence-electron chi connectivity index (χ1n) is 13.3. The van der Waals surface area contributed by atoms with Gasteiger partial charge < -0.3 is 21.5 Å². The molecule has 9 heteroatoms. The maximum absolute atomic E-state index is 12.6. The summed E-state index contributed by atoms with van der Waals surface area (Å²) in [5.74, 6) is 0.0721. The first-order valence-corrected chi connectivity index (χ1v) is 13.3. The third-order valence-electron chi connectivity index (χ3n) is 6.60. The van der Waals surface area contributed by atoms with Crippen molar-refractivity contribution in [3.8, 4) is 22.7 Å². The summed E-state index contributed by atoms with van der Waals surface area (Å²) >= 11 is 0. The van der Waals surface area contributed by atoms with E-state index < -0.39 is 11.9 Å². The highest BCUT2D eigenvalue weighted by Gasteiger charge is 2.19. The number of carbonyl (C=O) groups excluding carboxylic acids is 2. The van der Waals surface area contributed by atoms with Crippen molar-refractivity contribution in [2.75, 3.05) is 11.9 Å². The van der Waals surface area contributed by atoms with Crippen molar-refractivity contribution in [1.29, 1.82) is 0 Å². The lowest BCUT2D eigenvalue weighted by atomic mass is 9.87. The molecule has 0 fully saturated rings. The van der Waals surface area contributed by atoms with Crippen LogP contribution in [0.4, 0.5) is 5.82 Å². The van der Waals surface area contributed by atoms with E-state index in [2.05, 4.69) is 60.7 Å². The number of nitrogens with zero attached hydrogens (tertiary/aromatic N) is 3. The van der Waals surface area contributed by atoms with Crippen LogP contribution in [0.1, 0.15) is 44.7 Å². The van der Waals surface area contributed by atoms with Gasteiger partial charge in [-0.1, -0.05) is 45.0 Å². The Balaban J connectivity index is 1.40. The molecule has 0 aliphatic rings. The number of carbonyl (C=O) groups is 2. The van der Waals surface area contributed by atoms with E-state index >= 15 is 0 Å². The number of nitrogens with two attached hydrogens (primary N) is 1. The van der Waals surface area contributed by atoms with Crippen LogP contribution in [0, 0.1) is 0 Å². The van der Waals surface area contributed by atoms with Gasteiger partial charge in [0, 0.05) is 43.4 Å². The molecule has 0 saturated heterocycles. The molecule has 0 radical (unpaired) electrons. The second kappa shape index (κ2) is 12.5. The molecule has 2 aromatic heterocycles. The minimum atomic E-state index is -0.828. The summed E-state index contributed by atoms with van der Waals surface area (Å²) in [5.41, 5.74) is 10.3. The third kappa shape index (κ3) is 7.47. The maximum Gasteiger partial charge on any atom is 0.240 e. The number of primary amides is 1. The minimum Gasteiger partial charge on any atom is -0.508 e. The summed E-state index contributed by atoms with van der Waals surface area (Å²) in [4.78, 5) is 28.6. The van der Waals surface area contributed by atoms with Gasteiger partial charge in [0.1, 0.15) is 17.6 Å². The average Bonchev–Trinajstić information content (AvgIpc) is 3.36. The van der Waals surface area contributed by atoms with E-state index in [0.717, 1.165) is 28.3 Å². The second-order valence-electron chi connectivity index (χ2n) is 10.8. The molecule has 5 N–H and O–H groups in total. The van der Waals surface area contributed by atoms with Crippen LogP contribution < -0.4 is 16.4 Å². The molecule has 2 amide bonds. The molecule has 1 atom stereocenters. The molecule has 0 aliphatic heterocycles. The first kappa shape index (κ1) is 28.4. The van der Waals surface area contributed by atoms with Gasteiger partial charge in [0.05, 0.1) is 11.4 Å². The monoisotopic (exact) mass is 540 g/mol. The smallest absolute Gasteiger partial charge is 0.240 e. The molecule has 2 heterocycles. The van der Waals surface area contributed by atoms with Crippen LogP contribution in [0.15, 0.2) is 79.1 Å². The molecular weight excluding hydrogens is 504 g/mol. The number of hydrogen-bond donors (Lipinski definition) is 4. The van der Waals surface area contributed by atoms with E-state index in [-0.39, 0.29) is 29.9 Å². The lowest BCUT2D eigenvalue weighted by Crippen LogP contribution is -2.45. The lowest BCUT2D eigenvalue weighted by Gasteiger charge is -2.19. The predicted molar refractivity (Wildman–Crippen MR) is 156 cm³/mol. The van der Waals surface area contributed by atoms with E-state index in [1.54, 1.807) is 24.5 Å². The highest BCUT2D eigenvalue weighted by molar-refractivity contribution is 5.86. The normalized spacial score (nSPS) is 12.1. The minimum absolute atomic E-state index is 0.0457. The molecule has 2 aromatic carbocycles. The van der Waals surface area contributed by atoms with Crippen LogP contribution in [0.25, 0.3) is 16.9 Å². The zero-order chi connectivity index (χ0) is 28.7. The molecule has 208 valence electrons. The van der Waals surface area contributed by atoms with Crippen molar-refractivity contribution in [2.45, 2.75) is 51.5 Å². The number of nitrogens with one attached hydrogen (secondary N) is 2. The van der Waals surface area contributed by atoms with Crippen LogP contribution in [-0.4, -0.2) is 44.3 Å². The van der Waals surface area contributed by atoms with Crippen molar-refractivity contribution < 1.29 is 14.7 Å². The van der Waals surface area contributed by atoms with Gasteiger partial charge in [0.2, 0.25) is 11.8 Å². The Morgan fingerprint density at radius 1 is 1.00 bits per heavy atom. The average molecular weight is 541 g/mol. The van der Waals surface area contributed by atoms with Gasteiger partial charge in [-0.05, 0) is 59.4 Å². The molecule has 0 spiro atoms. The number of aromatic nitrogens is 3. The number of aromatic hydroxyl groups is 1. The van der Waals surface area contributed by atoms with Gasteiger partial charge in [0.25, 0.3) is 0 Å². The fraction of sp³-hybridized carbons (Fsp3) is 0.290. The first-order chi connectivity index (χ1) is 19.1. The van der Waals surface area contributed by atoms with Gasteiger partial charge in [-0.15, -0.1) is 0 Å². The SMILES string of the molecule is CC(C)(C)c1ccc(-n2nc(-c3ccncc3)cc2NCCCC(=O)N[C@@H](Cc2ccc(O)cc2)C(N)=O)cc1. The van der Waals surface area contributed by atoms with Crippen molar-refractivity contribution >= 4 is 17.6 Å². The van der Waals surface area contributed by atoms with Gasteiger partial charge in [0.15, 0.2) is 0 Å². The molecule has 0 unspecified atom stereocenters. The molecular formula is C31H36N6O3. The topological polar surface area (TPSA) is 135 Å². The van der Waals surface area contributed by atoms with E-state index in [4.69, 9.17) is 10.8 Å². The summed E-state index contributed by atoms with van der Waals surface area (Å²) < 4.78 is 1.86. The van der Waals surface area contributed by atoms with Crippen molar-refractivity contribution in [2.24, 2.45) is 5.73 Å². The Bertz CT molecular complexity index is 1420. The molecule has 40 heavy (non-hydrogen) atoms. The van der Waals surface area contributed by atoms with Crippen LogP contribution in [-0.2, 0) is 21.4 Å². The van der Waals surface area contributed by atoms with Gasteiger partial charge in [-0.25, -0.2) is 4.68 Å². The Morgan fingerprint density at radius 2 is 1.68 bits per heavy atom. The summed E-state index contributed by atoms with van der Waals surface area (Å²) in [5, 5.41) is 20.4. The van der Waals surface area contributed by atoms with Crippen LogP contribution in [0.5, 0.6) is 5.75 Å². The third-order valence-corrected chi connectivity index (χ3v) is 6.60. The quantitative estimate of drug-likeness (QED) is 0.209. The lowest BCUT2D eigenvalue weighted by molar-refractivity contribution is -0.127. The van der Waals surface area contributed by atoms with Gasteiger partial charge in [-0.2, -0.15) is 5.10 Å². The molecule has 4 rings (SSSR count). The number of rotatable bonds is 11. The summed E-state index contributed by atoms with van der Waals surface area (Å²) in [6, 6.07) is 19.8.